The molecule has 1 heterocycles. The Morgan fingerprint density at radius 2 is 1.82 bits per heavy atom. The topological polar surface area (TPSA) is 102 Å². The lowest BCUT2D eigenvalue weighted by molar-refractivity contribution is -0.144. The maximum Gasteiger partial charge on any atom is 0.331 e. The number of hydrogen-bond donors (Lipinski definition) is 1. The number of esters is 1. The summed E-state index contributed by atoms with van der Waals surface area (Å²) in [7, 11) is -3.57. The van der Waals surface area contributed by atoms with Gasteiger partial charge in [0.15, 0.2) is 6.61 Å². The Kier molecular flexibility index (Phi) is 7.77. The third-order valence-electron chi connectivity index (χ3n) is 5.95. The molecule has 2 aromatic carbocycles. The van der Waals surface area contributed by atoms with E-state index in [2.05, 4.69) is 11.4 Å². The summed E-state index contributed by atoms with van der Waals surface area (Å²) in [5, 5.41) is 2.94. The van der Waals surface area contributed by atoms with Crippen LogP contribution in [-0.4, -0.2) is 57.5 Å². The Labute approximate surface area is 199 Å². The number of sulfonamides is 1. The molecule has 0 spiro atoms. The molecular formula is C25H28N2O6S. The minimum Gasteiger partial charge on any atom is -0.452 e. The molecule has 2 aromatic rings. The molecule has 180 valence electrons. The number of morpholine rings is 1. The van der Waals surface area contributed by atoms with Crippen molar-refractivity contribution in [1.82, 2.24) is 9.62 Å². The SMILES string of the molecule is O=C(COC(=O)C=Cc1ccc(S(=O)(=O)N2CCOCC2)cc1)NC1CCCc2ccccc21. The largest absolute Gasteiger partial charge is 0.452 e. The predicted molar refractivity (Wildman–Crippen MR) is 126 cm³/mol. The zero-order valence-corrected chi connectivity index (χ0v) is 19.6. The van der Waals surface area contributed by atoms with Crippen LogP contribution in [0, 0.1) is 0 Å². The lowest BCUT2D eigenvalue weighted by Gasteiger charge is -2.26. The van der Waals surface area contributed by atoms with Gasteiger partial charge in [0.2, 0.25) is 10.0 Å². The summed E-state index contributed by atoms with van der Waals surface area (Å²) >= 11 is 0. The van der Waals surface area contributed by atoms with Gasteiger partial charge >= 0.3 is 5.97 Å². The highest BCUT2D eigenvalue weighted by Crippen LogP contribution is 2.29. The lowest BCUT2D eigenvalue weighted by Crippen LogP contribution is -2.40. The molecule has 2 aliphatic rings. The maximum atomic E-state index is 12.7. The highest BCUT2D eigenvalue weighted by atomic mass is 32.2. The molecule has 1 fully saturated rings. The van der Waals surface area contributed by atoms with E-state index in [9.17, 15) is 18.0 Å². The molecule has 0 bridgehead atoms. The van der Waals surface area contributed by atoms with E-state index in [0.29, 0.717) is 31.9 Å². The van der Waals surface area contributed by atoms with E-state index in [0.717, 1.165) is 24.8 Å². The number of ether oxygens (including phenoxy) is 2. The van der Waals surface area contributed by atoms with Crippen LogP contribution < -0.4 is 5.32 Å². The van der Waals surface area contributed by atoms with Crippen LogP contribution in [0.15, 0.2) is 59.5 Å². The van der Waals surface area contributed by atoms with Gasteiger partial charge < -0.3 is 14.8 Å². The quantitative estimate of drug-likeness (QED) is 0.479. The highest BCUT2D eigenvalue weighted by molar-refractivity contribution is 7.89. The number of fused-ring (bicyclic) bond motifs is 1. The number of carbonyl (C=O) groups is 2. The van der Waals surface area contributed by atoms with Crippen molar-refractivity contribution in [3.63, 3.8) is 0 Å². The molecule has 34 heavy (non-hydrogen) atoms. The highest BCUT2D eigenvalue weighted by Gasteiger charge is 2.26. The zero-order chi connectivity index (χ0) is 24.0. The second-order valence-corrected chi connectivity index (χ2v) is 10.2. The number of rotatable bonds is 7. The van der Waals surface area contributed by atoms with E-state index in [1.54, 1.807) is 12.1 Å². The van der Waals surface area contributed by atoms with Crippen molar-refractivity contribution in [2.24, 2.45) is 0 Å². The van der Waals surface area contributed by atoms with Crippen LogP contribution in [0.25, 0.3) is 6.08 Å². The van der Waals surface area contributed by atoms with Crippen LogP contribution in [0.3, 0.4) is 0 Å². The average Bonchev–Trinajstić information content (AvgIpc) is 2.87. The summed E-state index contributed by atoms with van der Waals surface area (Å²) in [6.07, 6.45) is 5.59. The van der Waals surface area contributed by atoms with Crippen LogP contribution in [0.2, 0.25) is 0 Å². The van der Waals surface area contributed by atoms with Crippen LogP contribution in [0.5, 0.6) is 0 Å². The van der Waals surface area contributed by atoms with Crippen molar-refractivity contribution in [1.29, 1.82) is 0 Å². The third kappa shape index (κ3) is 5.91. The van der Waals surface area contributed by atoms with Gasteiger partial charge in [-0.15, -0.1) is 0 Å². The molecule has 9 heteroatoms. The predicted octanol–water partition coefficient (Wildman–Crippen LogP) is 2.46. The van der Waals surface area contributed by atoms with Gasteiger partial charge in [0.05, 0.1) is 24.2 Å². The first-order valence-electron chi connectivity index (χ1n) is 11.3. The van der Waals surface area contributed by atoms with Crippen LogP contribution in [0.1, 0.15) is 35.6 Å². The Morgan fingerprint density at radius 3 is 2.59 bits per heavy atom. The van der Waals surface area contributed by atoms with Crippen LogP contribution >= 0.6 is 0 Å². The van der Waals surface area contributed by atoms with E-state index >= 15 is 0 Å². The van der Waals surface area contributed by atoms with Crippen molar-refractivity contribution in [3.05, 3.63) is 71.3 Å². The lowest BCUT2D eigenvalue weighted by atomic mass is 9.88. The standard InChI is InChI=1S/C25H28N2O6S/c28-24(26-23-7-3-5-20-4-1-2-6-22(20)23)18-33-25(29)13-10-19-8-11-21(12-9-19)34(30,31)27-14-16-32-17-15-27/h1-2,4,6,8-13,23H,3,5,7,14-18H2,(H,26,28). The summed E-state index contributed by atoms with van der Waals surface area (Å²) in [5.41, 5.74) is 3.00. The first kappa shape index (κ1) is 24.1. The summed E-state index contributed by atoms with van der Waals surface area (Å²) < 4.78 is 37.0. The van der Waals surface area contributed by atoms with E-state index < -0.39 is 16.0 Å². The first-order chi connectivity index (χ1) is 16.4. The monoisotopic (exact) mass is 484 g/mol. The fraction of sp³-hybridized carbons (Fsp3) is 0.360. The van der Waals surface area contributed by atoms with Crippen molar-refractivity contribution in [2.45, 2.75) is 30.2 Å². The molecule has 1 atom stereocenters. The van der Waals surface area contributed by atoms with Crippen LogP contribution in [0.4, 0.5) is 0 Å². The smallest absolute Gasteiger partial charge is 0.331 e. The summed E-state index contributed by atoms with van der Waals surface area (Å²) in [6.45, 7) is 1.06. The van der Waals surface area contributed by atoms with Crippen LogP contribution in [-0.2, 0) is 35.5 Å². The number of amides is 1. The van der Waals surface area contributed by atoms with E-state index in [-0.39, 0.29) is 23.5 Å². The maximum absolute atomic E-state index is 12.7. The molecule has 1 aliphatic heterocycles. The third-order valence-corrected chi connectivity index (χ3v) is 7.86. The Balaban J connectivity index is 1.27. The number of nitrogens with zero attached hydrogens (tertiary/aromatic N) is 1. The van der Waals surface area contributed by atoms with E-state index in [1.165, 1.54) is 34.2 Å². The van der Waals surface area contributed by atoms with Gasteiger partial charge in [-0.3, -0.25) is 4.79 Å². The molecule has 8 nitrogen and oxygen atoms in total. The van der Waals surface area contributed by atoms with Crippen molar-refractivity contribution < 1.29 is 27.5 Å². The number of nitrogens with one attached hydrogen (secondary N) is 1. The molecule has 1 saturated heterocycles. The normalized spacial score (nSPS) is 18.9. The van der Waals surface area contributed by atoms with E-state index in [4.69, 9.17) is 9.47 Å². The molecule has 0 aromatic heterocycles. The average molecular weight is 485 g/mol. The zero-order valence-electron chi connectivity index (χ0n) is 18.8. The van der Waals surface area contributed by atoms with Crippen molar-refractivity contribution in [2.75, 3.05) is 32.9 Å². The molecular weight excluding hydrogens is 456 g/mol. The molecule has 1 unspecified atom stereocenters. The fourth-order valence-corrected chi connectivity index (χ4v) is 5.58. The minimum absolute atomic E-state index is 0.0704. The van der Waals surface area contributed by atoms with E-state index in [1.807, 2.05) is 18.2 Å². The van der Waals surface area contributed by atoms with Gasteiger partial charge in [-0.2, -0.15) is 4.31 Å². The number of aryl methyl sites for hydroxylation is 1. The summed E-state index contributed by atoms with van der Waals surface area (Å²) in [6, 6.07) is 14.2. The molecule has 0 saturated carbocycles. The van der Waals surface area contributed by atoms with Gasteiger partial charge in [-0.05, 0) is 54.2 Å². The molecule has 1 N–H and O–H groups in total. The van der Waals surface area contributed by atoms with Gasteiger partial charge in [0, 0.05) is 19.2 Å². The molecule has 0 radical (unpaired) electrons. The van der Waals surface area contributed by atoms with Gasteiger partial charge in [-0.25, -0.2) is 13.2 Å². The summed E-state index contributed by atoms with van der Waals surface area (Å²) in [5.74, 6) is -0.995. The summed E-state index contributed by atoms with van der Waals surface area (Å²) in [4.78, 5) is 24.5. The van der Waals surface area contributed by atoms with Gasteiger partial charge in [0.25, 0.3) is 5.91 Å². The minimum atomic E-state index is -3.57. The number of hydrogen-bond acceptors (Lipinski definition) is 6. The Morgan fingerprint density at radius 1 is 1.09 bits per heavy atom. The Hall–Kier alpha value is -3.01. The number of carbonyl (C=O) groups excluding carboxylic acids is 2. The first-order valence-corrected chi connectivity index (χ1v) is 12.8. The molecule has 4 rings (SSSR count). The van der Waals surface area contributed by atoms with Gasteiger partial charge in [0.1, 0.15) is 0 Å². The van der Waals surface area contributed by atoms with Crippen molar-refractivity contribution in [3.8, 4) is 0 Å². The van der Waals surface area contributed by atoms with Crippen molar-refractivity contribution >= 4 is 28.0 Å². The second-order valence-electron chi connectivity index (χ2n) is 8.24. The van der Waals surface area contributed by atoms with Gasteiger partial charge in [-0.1, -0.05) is 36.4 Å². The second kappa shape index (κ2) is 10.9. The molecule has 1 amide bonds. The Bertz CT molecular complexity index is 1150. The number of benzene rings is 2. The fourth-order valence-electron chi connectivity index (χ4n) is 4.18. The molecule has 1 aliphatic carbocycles.